The quantitative estimate of drug-likeness (QED) is 0.609. The molecule has 1 aromatic rings. The van der Waals surface area contributed by atoms with Crippen molar-refractivity contribution in [2.24, 2.45) is 4.99 Å². The zero-order chi connectivity index (χ0) is 14.4. The molecule has 3 nitrogen and oxygen atoms in total. The molecule has 1 aromatic carbocycles. The number of benzene rings is 1. The summed E-state index contributed by atoms with van der Waals surface area (Å²) < 4.78 is 0. The fraction of sp³-hybridized carbons (Fsp3) is 0.400. The number of guanidine groups is 1. The predicted molar refractivity (Wildman–Crippen MR) is 84.2 cm³/mol. The standard InChI is InChI=1S/C11H15N3.2C2H6/c1-4-13-11(12-3)14-10-7-5-6-9(2)8-10;2*1-2/h4-8H,1H2,2-3H3,(H2,12,13,14);2*1-2H3. The van der Waals surface area contributed by atoms with E-state index in [9.17, 15) is 0 Å². The van der Waals surface area contributed by atoms with E-state index in [1.807, 2.05) is 39.8 Å². The first-order chi connectivity index (χ1) is 8.76. The molecule has 0 atom stereocenters. The predicted octanol–water partition coefficient (Wildman–Crippen LogP) is 4.18. The van der Waals surface area contributed by atoms with Crippen LogP contribution in [0.2, 0.25) is 0 Å². The van der Waals surface area contributed by atoms with E-state index in [4.69, 9.17) is 0 Å². The van der Waals surface area contributed by atoms with Gasteiger partial charge in [-0.25, -0.2) is 0 Å². The molecule has 0 bridgehead atoms. The maximum atomic E-state index is 4.03. The summed E-state index contributed by atoms with van der Waals surface area (Å²) in [5.74, 6) is 0.686. The molecule has 0 aliphatic heterocycles. The van der Waals surface area contributed by atoms with Gasteiger partial charge in [-0.1, -0.05) is 46.4 Å². The maximum Gasteiger partial charge on any atom is 0.199 e. The van der Waals surface area contributed by atoms with Crippen molar-refractivity contribution >= 4 is 11.6 Å². The highest BCUT2D eigenvalue weighted by Gasteiger charge is 1.95. The van der Waals surface area contributed by atoms with Crippen LogP contribution in [0, 0.1) is 6.92 Å². The van der Waals surface area contributed by atoms with E-state index in [2.05, 4.69) is 41.3 Å². The molecule has 1 rings (SSSR count). The Morgan fingerprint density at radius 3 is 2.28 bits per heavy atom. The highest BCUT2D eigenvalue weighted by molar-refractivity contribution is 5.94. The van der Waals surface area contributed by atoms with Crippen molar-refractivity contribution in [1.82, 2.24) is 5.32 Å². The van der Waals surface area contributed by atoms with Crippen molar-refractivity contribution in [3.05, 3.63) is 42.6 Å². The summed E-state index contributed by atoms with van der Waals surface area (Å²) >= 11 is 0. The van der Waals surface area contributed by atoms with Crippen LogP contribution in [0.4, 0.5) is 5.69 Å². The molecule has 0 saturated heterocycles. The van der Waals surface area contributed by atoms with Gasteiger partial charge < -0.3 is 10.6 Å². The lowest BCUT2D eigenvalue weighted by Gasteiger charge is -2.08. The molecule has 0 aliphatic carbocycles. The SMILES string of the molecule is C=CNC(=NC)Nc1cccc(C)c1.CC.CC. The third-order valence-corrected chi connectivity index (χ3v) is 1.74. The van der Waals surface area contributed by atoms with Crippen molar-refractivity contribution in [1.29, 1.82) is 0 Å². The molecule has 0 spiro atoms. The molecule has 0 unspecified atom stereocenters. The molecule has 0 amide bonds. The normalized spacial score (nSPS) is 9.11. The minimum atomic E-state index is 0.686. The Hall–Kier alpha value is -1.77. The Morgan fingerprint density at radius 1 is 1.22 bits per heavy atom. The molecular weight excluding hydrogens is 222 g/mol. The fourth-order valence-electron chi connectivity index (χ4n) is 1.11. The fourth-order valence-corrected chi connectivity index (χ4v) is 1.11. The number of hydrogen-bond acceptors (Lipinski definition) is 1. The van der Waals surface area contributed by atoms with Gasteiger partial charge in [-0.2, -0.15) is 0 Å². The number of anilines is 1. The second kappa shape index (κ2) is 13.3. The van der Waals surface area contributed by atoms with Crippen LogP contribution in [0.1, 0.15) is 33.3 Å². The third kappa shape index (κ3) is 8.39. The Labute approximate surface area is 112 Å². The summed E-state index contributed by atoms with van der Waals surface area (Å²) in [4.78, 5) is 4.03. The number of rotatable bonds is 2. The van der Waals surface area contributed by atoms with E-state index < -0.39 is 0 Å². The second-order valence-electron chi connectivity index (χ2n) is 2.92. The second-order valence-corrected chi connectivity index (χ2v) is 2.92. The maximum absolute atomic E-state index is 4.03. The van der Waals surface area contributed by atoms with E-state index in [-0.39, 0.29) is 0 Å². The first kappa shape index (κ1) is 18.6. The van der Waals surface area contributed by atoms with Crippen LogP contribution >= 0.6 is 0 Å². The van der Waals surface area contributed by atoms with E-state index in [0.29, 0.717) is 5.96 Å². The number of nitrogens with one attached hydrogen (secondary N) is 2. The van der Waals surface area contributed by atoms with Gasteiger partial charge in [0.15, 0.2) is 5.96 Å². The summed E-state index contributed by atoms with van der Waals surface area (Å²) in [6.45, 7) is 13.6. The lowest BCUT2D eigenvalue weighted by Crippen LogP contribution is -2.25. The molecule has 0 radical (unpaired) electrons. The average molecular weight is 249 g/mol. The van der Waals surface area contributed by atoms with E-state index in [0.717, 1.165) is 5.69 Å². The summed E-state index contributed by atoms with van der Waals surface area (Å²) in [7, 11) is 1.72. The van der Waals surface area contributed by atoms with Crippen LogP contribution < -0.4 is 10.6 Å². The first-order valence-electron chi connectivity index (χ1n) is 6.44. The third-order valence-electron chi connectivity index (χ3n) is 1.74. The van der Waals surface area contributed by atoms with Gasteiger partial charge in [-0.3, -0.25) is 4.99 Å². The Balaban J connectivity index is 0. The summed E-state index contributed by atoms with van der Waals surface area (Å²) in [6, 6.07) is 8.09. The zero-order valence-corrected chi connectivity index (χ0v) is 12.5. The molecular formula is C15H27N3. The summed E-state index contributed by atoms with van der Waals surface area (Å²) in [5, 5.41) is 6.04. The number of hydrogen-bond donors (Lipinski definition) is 2. The molecule has 2 N–H and O–H groups in total. The van der Waals surface area contributed by atoms with Gasteiger partial charge in [0.05, 0.1) is 0 Å². The smallest absolute Gasteiger partial charge is 0.199 e. The van der Waals surface area contributed by atoms with E-state index in [1.54, 1.807) is 13.2 Å². The average Bonchev–Trinajstić information content (AvgIpc) is 2.43. The lowest BCUT2D eigenvalue weighted by atomic mass is 10.2. The van der Waals surface area contributed by atoms with Crippen LogP contribution in [0.15, 0.2) is 42.0 Å². The van der Waals surface area contributed by atoms with Gasteiger partial charge in [0.25, 0.3) is 0 Å². The van der Waals surface area contributed by atoms with E-state index in [1.165, 1.54) is 5.56 Å². The molecule has 102 valence electrons. The van der Waals surface area contributed by atoms with Gasteiger partial charge in [0.2, 0.25) is 0 Å². The Bertz CT molecular complexity index is 343. The van der Waals surface area contributed by atoms with Gasteiger partial charge in [0.1, 0.15) is 0 Å². The highest BCUT2D eigenvalue weighted by atomic mass is 15.2. The molecule has 0 saturated carbocycles. The largest absolute Gasteiger partial charge is 0.333 e. The van der Waals surface area contributed by atoms with E-state index >= 15 is 0 Å². The van der Waals surface area contributed by atoms with Crippen LogP contribution in [0.3, 0.4) is 0 Å². The van der Waals surface area contributed by atoms with Gasteiger partial charge in [-0.15, -0.1) is 0 Å². The van der Waals surface area contributed by atoms with Gasteiger partial charge >= 0.3 is 0 Å². The number of aliphatic imine (C=N–C) groups is 1. The van der Waals surface area contributed by atoms with Gasteiger partial charge in [-0.05, 0) is 30.8 Å². The number of aryl methyl sites for hydroxylation is 1. The minimum absolute atomic E-state index is 0.686. The molecule has 18 heavy (non-hydrogen) atoms. The Morgan fingerprint density at radius 2 is 1.83 bits per heavy atom. The highest BCUT2D eigenvalue weighted by Crippen LogP contribution is 2.08. The summed E-state index contributed by atoms with van der Waals surface area (Å²) in [5.41, 5.74) is 2.23. The topological polar surface area (TPSA) is 36.4 Å². The van der Waals surface area contributed by atoms with Crippen molar-refractivity contribution in [2.45, 2.75) is 34.6 Å². The van der Waals surface area contributed by atoms with Crippen molar-refractivity contribution in [3.63, 3.8) is 0 Å². The molecule has 3 heteroatoms. The lowest BCUT2D eigenvalue weighted by molar-refractivity contribution is 1.22. The Kier molecular flexibility index (Phi) is 13.7. The van der Waals surface area contributed by atoms with Crippen LogP contribution in [-0.4, -0.2) is 13.0 Å². The van der Waals surface area contributed by atoms with Gasteiger partial charge in [0, 0.05) is 12.7 Å². The van der Waals surface area contributed by atoms with Crippen LogP contribution in [0.25, 0.3) is 0 Å². The van der Waals surface area contributed by atoms with Crippen LogP contribution in [-0.2, 0) is 0 Å². The monoisotopic (exact) mass is 249 g/mol. The number of nitrogens with zero attached hydrogens (tertiary/aromatic N) is 1. The van der Waals surface area contributed by atoms with Crippen LogP contribution in [0.5, 0.6) is 0 Å². The van der Waals surface area contributed by atoms with Crippen molar-refractivity contribution in [2.75, 3.05) is 12.4 Å². The van der Waals surface area contributed by atoms with Crippen molar-refractivity contribution in [3.8, 4) is 0 Å². The summed E-state index contributed by atoms with van der Waals surface area (Å²) in [6.07, 6.45) is 1.59. The minimum Gasteiger partial charge on any atom is -0.333 e. The molecule has 0 fully saturated rings. The zero-order valence-electron chi connectivity index (χ0n) is 12.5. The molecule has 0 aromatic heterocycles. The first-order valence-corrected chi connectivity index (χ1v) is 6.44. The molecule has 0 heterocycles. The molecule has 0 aliphatic rings. The van der Waals surface area contributed by atoms with Crippen molar-refractivity contribution < 1.29 is 0 Å².